The number of piperidine rings is 1. The molecule has 2 aromatic carbocycles. The smallest absolute Gasteiger partial charge is 0.416 e. The van der Waals surface area contributed by atoms with E-state index in [0.29, 0.717) is 35.7 Å². The second-order valence-electron chi connectivity index (χ2n) is 13.0. The maximum atomic E-state index is 13.7. The van der Waals surface area contributed by atoms with Crippen LogP contribution in [0.25, 0.3) is 0 Å². The first-order valence-corrected chi connectivity index (χ1v) is 14.3. The fourth-order valence-corrected chi connectivity index (χ4v) is 10.1. The number of aromatic hydroxyl groups is 1. The van der Waals surface area contributed by atoms with Crippen molar-refractivity contribution in [2.24, 2.45) is 23.2 Å². The molecule has 0 aromatic heterocycles. The zero-order valence-electron chi connectivity index (χ0n) is 21.4. The highest BCUT2D eigenvalue weighted by molar-refractivity contribution is 5.95. The quantitative estimate of drug-likeness (QED) is 0.568. The predicted octanol–water partition coefficient (Wildman–Crippen LogP) is 5.63. The third kappa shape index (κ3) is 2.94. The van der Waals surface area contributed by atoms with Crippen LogP contribution in [-0.2, 0) is 18.0 Å². The number of carbonyl (C=O) groups is 1. The molecule has 6 atom stereocenters. The van der Waals surface area contributed by atoms with Crippen LogP contribution >= 0.6 is 0 Å². The lowest BCUT2D eigenvalue weighted by molar-refractivity contribution is -0.137. The number of halogens is 3. The molecule has 6 aliphatic rings. The molecule has 2 heterocycles. The van der Waals surface area contributed by atoms with Crippen molar-refractivity contribution in [3.05, 3.63) is 64.7 Å². The minimum absolute atomic E-state index is 0.0488. The van der Waals surface area contributed by atoms with Crippen molar-refractivity contribution in [2.75, 3.05) is 19.6 Å². The standard InChI is InChI=1S/C31H33F3N2O2/c32-31(33,34)22-6-3-19(4-7-22)28(38)36-17-21-15-29-10-9-25(36)27(21)30(29)11-12-35(16-18-1-2-18)26(29)13-20-5-8-23(37)14-24(20)30/h3-8,14,18,21,25-27,37H,1-2,9-13,15-17H2/t21-,25?,26?,27?,29?,30?/m1/s1. The van der Waals surface area contributed by atoms with Crippen molar-refractivity contribution in [1.82, 2.24) is 9.80 Å². The second-order valence-corrected chi connectivity index (χ2v) is 13.0. The van der Waals surface area contributed by atoms with E-state index in [0.717, 1.165) is 56.7 Å². The van der Waals surface area contributed by atoms with E-state index in [1.54, 1.807) is 0 Å². The van der Waals surface area contributed by atoms with E-state index in [2.05, 4.69) is 11.0 Å². The van der Waals surface area contributed by atoms with Gasteiger partial charge in [-0.2, -0.15) is 13.2 Å². The molecule has 0 radical (unpaired) electrons. The van der Waals surface area contributed by atoms with Gasteiger partial charge < -0.3 is 10.0 Å². The summed E-state index contributed by atoms with van der Waals surface area (Å²) in [6.45, 7) is 2.95. The van der Waals surface area contributed by atoms with Crippen molar-refractivity contribution in [3.63, 3.8) is 0 Å². The number of phenols is 1. The number of hydrogen-bond acceptors (Lipinski definition) is 3. The Morgan fingerprint density at radius 2 is 1.84 bits per heavy atom. The normalized spacial score (nSPS) is 37.2. The molecule has 200 valence electrons. The maximum absolute atomic E-state index is 13.7. The van der Waals surface area contributed by atoms with Crippen LogP contribution < -0.4 is 0 Å². The number of nitrogens with zero attached hydrogens (tertiary/aromatic N) is 2. The molecule has 4 bridgehead atoms. The minimum atomic E-state index is -4.41. The summed E-state index contributed by atoms with van der Waals surface area (Å²) in [5.41, 5.74) is 2.42. The highest BCUT2D eigenvalue weighted by Gasteiger charge is 2.76. The van der Waals surface area contributed by atoms with Gasteiger partial charge in [0.1, 0.15) is 5.75 Å². The van der Waals surface area contributed by atoms with Gasteiger partial charge >= 0.3 is 6.18 Å². The van der Waals surface area contributed by atoms with Crippen LogP contribution in [-0.4, -0.2) is 52.5 Å². The van der Waals surface area contributed by atoms with Gasteiger partial charge in [-0.3, -0.25) is 9.69 Å². The van der Waals surface area contributed by atoms with Gasteiger partial charge in [0.05, 0.1) is 5.56 Å². The van der Waals surface area contributed by atoms with Gasteiger partial charge in [-0.15, -0.1) is 0 Å². The van der Waals surface area contributed by atoms with Crippen molar-refractivity contribution in [2.45, 2.75) is 68.6 Å². The molecule has 3 saturated carbocycles. The van der Waals surface area contributed by atoms with Crippen molar-refractivity contribution >= 4 is 5.91 Å². The zero-order valence-corrected chi connectivity index (χ0v) is 21.4. The van der Waals surface area contributed by atoms with Gasteiger partial charge in [-0.25, -0.2) is 0 Å². The van der Waals surface area contributed by atoms with Crippen LogP contribution in [0.1, 0.15) is 65.6 Å². The number of rotatable bonds is 3. The Morgan fingerprint density at radius 3 is 2.58 bits per heavy atom. The maximum Gasteiger partial charge on any atom is 0.416 e. The Morgan fingerprint density at radius 1 is 1.05 bits per heavy atom. The van der Waals surface area contributed by atoms with Crippen molar-refractivity contribution in [3.8, 4) is 5.75 Å². The van der Waals surface area contributed by atoms with Gasteiger partial charge in [0, 0.05) is 36.2 Å². The number of benzene rings is 2. The summed E-state index contributed by atoms with van der Waals surface area (Å²) in [6.07, 6.45) is 3.52. The molecule has 2 aliphatic heterocycles. The monoisotopic (exact) mass is 522 g/mol. The molecule has 5 fully saturated rings. The number of carbonyl (C=O) groups excluding carboxylic acids is 1. The molecule has 2 saturated heterocycles. The van der Waals surface area contributed by atoms with E-state index in [9.17, 15) is 23.1 Å². The lowest BCUT2D eigenvalue weighted by atomic mass is 9.43. The van der Waals surface area contributed by atoms with Crippen LogP contribution in [0.3, 0.4) is 0 Å². The largest absolute Gasteiger partial charge is 0.508 e. The van der Waals surface area contributed by atoms with Gasteiger partial charge in [0.15, 0.2) is 0 Å². The average molecular weight is 523 g/mol. The van der Waals surface area contributed by atoms with Gasteiger partial charge in [-0.05, 0) is 122 Å². The molecular weight excluding hydrogens is 489 g/mol. The summed E-state index contributed by atoms with van der Waals surface area (Å²) in [5, 5.41) is 10.6. The molecule has 4 nitrogen and oxygen atoms in total. The highest BCUT2D eigenvalue weighted by atomic mass is 19.4. The van der Waals surface area contributed by atoms with Crippen molar-refractivity contribution in [1.29, 1.82) is 0 Å². The van der Waals surface area contributed by atoms with E-state index < -0.39 is 11.7 Å². The average Bonchev–Trinajstić information content (AvgIpc) is 3.58. The molecular formula is C31H33F3N2O2. The fraction of sp³-hybridized carbons (Fsp3) is 0.581. The van der Waals surface area contributed by atoms with Gasteiger partial charge in [-0.1, -0.05) is 6.07 Å². The summed E-state index contributed by atoms with van der Waals surface area (Å²) in [5.74, 6) is 1.74. The van der Waals surface area contributed by atoms with Gasteiger partial charge in [0.25, 0.3) is 5.91 Å². The molecule has 2 aromatic rings. The molecule has 0 spiro atoms. The third-order valence-corrected chi connectivity index (χ3v) is 11.5. The summed E-state index contributed by atoms with van der Waals surface area (Å²) < 4.78 is 39.3. The first-order valence-electron chi connectivity index (χ1n) is 14.3. The van der Waals surface area contributed by atoms with E-state index in [4.69, 9.17) is 0 Å². The molecule has 5 unspecified atom stereocenters. The van der Waals surface area contributed by atoms with Crippen LogP contribution in [0.2, 0.25) is 0 Å². The Balaban J connectivity index is 1.18. The van der Waals surface area contributed by atoms with E-state index in [1.807, 2.05) is 17.0 Å². The number of fused-ring (bicyclic) bond motifs is 1. The predicted molar refractivity (Wildman–Crippen MR) is 136 cm³/mol. The fourth-order valence-electron chi connectivity index (χ4n) is 10.1. The first-order chi connectivity index (χ1) is 18.2. The molecule has 8 rings (SSSR count). The molecule has 1 amide bonds. The Labute approximate surface area is 220 Å². The SMILES string of the molecule is O=C(c1ccc(C(F)(F)F)cc1)N1C[C@H]2CC34CCC1C2C31CCN(CC2CC2)C4Cc2ccc(O)cc21. The van der Waals surface area contributed by atoms with E-state index in [-0.39, 0.29) is 22.8 Å². The number of phenolic OH excluding ortho intramolecular Hbond substituents is 1. The number of likely N-dealkylation sites (tertiary alicyclic amines) is 2. The molecule has 7 heteroatoms. The van der Waals surface area contributed by atoms with Crippen LogP contribution in [0.4, 0.5) is 13.2 Å². The lowest BCUT2D eigenvalue weighted by Gasteiger charge is -2.66. The summed E-state index contributed by atoms with van der Waals surface area (Å²) >= 11 is 0. The van der Waals surface area contributed by atoms with Crippen LogP contribution in [0.5, 0.6) is 5.75 Å². The lowest BCUT2D eigenvalue weighted by Crippen LogP contribution is -2.69. The topological polar surface area (TPSA) is 43.8 Å². The number of alkyl halides is 3. The highest BCUT2D eigenvalue weighted by Crippen LogP contribution is 2.75. The first kappa shape index (κ1) is 23.4. The zero-order chi connectivity index (χ0) is 26.0. The van der Waals surface area contributed by atoms with Crippen LogP contribution in [0, 0.1) is 23.2 Å². The van der Waals surface area contributed by atoms with E-state index in [1.165, 1.54) is 42.6 Å². The Kier molecular flexibility index (Phi) is 4.64. The third-order valence-electron chi connectivity index (χ3n) is 11.5. The molecule has 38 heavy (non-hydrogen) atoms. The molecule has 4 aliphatic carbocycles. The summed E-state index contributed by atoms with van der Waals surface area (Å²) in [6, 6.07) is 11.3. The Bertz CT molecular complexity index is 1320. The van der Waals surface area contributed by atoms with Crippen LogP contribution in [0.15, 0.2) is 42.5 Å². The van der Waals surface area contributed by atoms with E-state index >= 15 is 0 Å². The number of amides is 1. The number of hydrogen-bond donors (Lipinski definition) is 1. The Hall–Kier alpha value is -2.54. The minimum Gasteiger partial charge on any atom is -0.508 e. The molecule has 1 N–H and O–H groups in total. The van der Waals surface area contributed by atoms with Crippen molar-refractivity contribution < 1.29 is 23.1 Å². The van der Waals surface area contributed by atoms with Gasteiger partial charge in [0.2, 0.25) is 0 Å². The second kappa shape index (κ2) is 7.56. The summed E-state index contributed by atoms with van der Waals surface area (Å²) in [4.78, 5) is 18.5. The summed E-state index contributed by atoms with van der Waals surface area (Å²) in [7, 11) is 0.